The molecule has 0 atom stereocenters. The zero-order chi connectivity index (χ0) is 26.7. The van der Waals surface area contributed by atoms with E-state index in [2.05, 4.69) is 31.4 Å². The average Bonchev–Trinajstić information content (AvgIpc) is 3.55. The third-order valence-corrected chi connectivity index (χ3v) is 5.49. The molecular formula is C27H26FN7O3. The number of aromatic nitrogens is 3. The highest BCUT2D eigenvalue weighted by atomic mass is 19.1. The highest BCUT2D eigenvalue weighted by Crippen LogP contribution is 2.34. The maximum Gasteiger partial charge on any atom is 0.407 e. The van der Waals surface area contributed by atoms with Crippen molar-refractivity contribution in [1.82, 2.24) is 31.4 Å². The van der Waals surface area contributed by atoms with Crippen LogP contribution in [-0.2, 0) is 11.3 Å². The number of rotatable bonds is 6. The molecule has 2 aromatic carbocycles. The minimum atomic E-state index is -0.563. The van der Waals surface area contributed by atoms with E-state index < -0.39 is 17.5 Å². The van der Waals surface area contributed by atoms with Crippen LogP contribution in [0.2, 0.25) is 0 Å². The monoisotopic (exact) mass is 515 g/mol. The quantitative estimate of drug-likeness (QED) is 0.337. The number of pyridine rings is 1. The van der Waals surface area contributed by atoms with Crippen molar-refractivity contribution < 1.29 is 18.4 Å². The van der Waals surface area contributed by atoms with Gasteiger partial charge in [0.2, 0.25) is 5.82 Å². The predicted octanol–water partition coefficient (Wildman–Crippen LogP) is 4.65. The molecule has 4 aromatic rings. The lowest BCUT2D eigenvalue weighted by Gasteiger charge is -2.21. The van der Waals surface area contributed by atoms with Crippen molar-refractivity contribution in [2.75, 3.05) is 5.01 Å². The van der Waals surface area contributed by atoms with Crippen LogP contribution >= 0.6 is 0 Å². The molecule has 0 saturated heterocycles. The summed E-state index contributed by atoms with van der Waals surface area (Å²) >= 11 is 0. The van der Waals surface area contributed by atoms with Crippen LogP contribution in [0.1, 0.15) is 37.8 Å². The molecule has 5 rings (SSSR count). The van der Waals surface area contributed by atoms with Crippen LogP contribution in [-0.4, -0.2) is 26.8 Å². The molecule has 1 amide bonds. The lowest BCUT2D eigenvalue weighted by Crippen LogP contribution is -2.38. The summed E-state index contributed by atoms with van der Waals surface area (Å²) in [4.78, 5) is 20.6. The fourth-order valence-corrected chi connectivity index (χ4v) is 3.79. The summed E-state index contributed by atoms with van der Waals surface area (Å²) in [7, 11) is 0. The molecule has 38 heavy (non-hydrogen) atoms. The first-order chi connectivity index (χ1) is 18.3. The summed E-state index contributed by atoms with van der Waals surface area (Å²) < 4.78 is 25.5. The zero-order valence-electron chi connectivity index (χ0n) is 21.0. The first-order valence-electron chi connectivity index (χ1n) is 11.9. The van der Waals surface area contributed by atoms with Crippen molar-refractivity contribution in [3.8, 4) is 11.4 Å². The fraction of sp³-hybridized carbons (Fsp3) is 0.185. The first kappa shape index (κ1) is 24.9. The van der Waals surface area contributed by atoms with Crippen LogP contribution in [0.5, 0.6) is 0 Å². The molecule has 0 fully saturated rings. The third-order valence-electron chi connectivity index (χ3n) is 5.49. The molecule has 0 spiro atoms. The number of benzene rings is 2. The van der Waals surface area contributed by atoms with Crippen LogP contribution in [0, 0.1) is 5.82 Å². The van der Waals surface area contributed by atoms with Crippen molar-refractivity contribution >= 4 is 23.2 Å². The van der Waals surface area contributed by atoms with Gasteiger partial charge in [0.15, 0.2) is 0 Å². The molecule has 11 heteroatoms. The Balaban J connectivity index is 1.39. The molecule has 0 aliphatic carbocycles. The number of nitrogens with zero attached hydrogens (tertiary/aromatic N) is 4. The molecular weight excluding hydrogens is 489 g/mol. The van der Waals surface area contributed by atoms with Gasteiger partial charge in [-0.2, -0.15) is 4.98 Å². The van der Waals surface area contributed by atoms with E-state index in [0.717, 1.165) is 16.7 Å². The molecule has 0 radical (unpaired) electrons. The number of nitrogens with one attached hydrogen (secondary N) is 3. The Morgan fingerprint density at radius 2 is 1.79 bits per heavy atom. The first-order valence-corrected chi connectivity index (χ1v) is 11.9. The van der Waals surface area contributed by atoms with Gasteiger partial charge >= 0.3 is 6.09 Å². The highest BCUT2D eigenvalue weighted by Gasteiger charge is 2.31. The smallest absolute Gasteiger partial charge is 0.407 e. The van der Waals surface area contributed by atoms with E-state index in [-0.39, 0.29) is 5.89 Å². The highest BCUT2D eigenvalue weighted by molar-refractivity contribution is 5.96. The SMILES string of the molecule is CC(C)(C)OC(=O)NCc1ccc(-c2noc(C3=C(c4ccncc4)N(c4ccccc4F)NN3)n2)cc1. The van der Waals surface area contributed by atoms with Gasteiger partial charge in [-0.25, -0.2) is 9.18 Å². The van der Waals surface area contributed by atoms with Crippen molar-refractivity contribution in [2.24, 2.45) is 0 Å². The molecule has 3 heterocycles. The third kappa shape index (κ3) is 5.47. The van der Waals surface area contributed by atoms with Crippen LogP contribution < -0.4 is 21.3 Å². The van der Waals surface area contributed by atoms with Gasteiger partial charge in [0.05, 0.1) is 11.4 Å². The van der Waals surface area contributed by atoms with E-state index in [1.807, 2.05) is 45.0 Å². The van der Waals surface area contributed by atoms with Crippen LogP contribution in [0.3, 0.4) is 0 Å². The lowest BCUT2D eigenvalue weighted by molar-refractivity contribution is 0.0523. The summed E-state index contributed by atoms with van der Waals surface area (Å²) in [5.74, 6) is 0.190. The standard InChI is InChI=1S/C27H26FN7O3/c1-27(2,3)37-26(36)30-16-17-8-10-19(11-9-17)24-31-25(38-33-24)22-23(18-12-14-29-15-13-18)35(34-32-22)21-7-5-4-6-20(21)28/h4-15,32,34H,16H2,1-3H3,(H,30,36). The number of carbonyl (C=O) groups is 1. The van der Waals surface area contributed by atoms with Gasteiger partial charge in [0, 0.05) is 30.1 Å². The van der Waals surface area contributed by atoms with E-state index in [1.54, 1.807) is 47.7 Å². The Labute approximate surface area is 218 Å². The van der Waals surface area contributed by atoms with E-state index >= 15 is 0 Å². The Kier molecular flexibility index (Phi) is 6.75. The van der Waals surface area contributed by atoms with Crippen molar-refractivity contribution in [2.45, 2.75) is 32.9 Å². The Morgan fingerprint density at radius 3 is 2.50 bits per heavy atom. The lowest BCUT2D eigenvalue weighted by atomic mass is 10.1. The maximum absolute atomic E-state index is 14.7. The van der Waals surface area contributed by atoms with Gasteiger partial charge in [-0.3, -0.25) is 15.4 Å². The van der Waals surface area contributed by atoms with Gasteiger partial charge in [-0.05, 0) is 50.6 Å². The van der Waals surface area contributed by atoms with Crippen LogP contribution in [0.25, 0.3) is 22.8 Å². The number of para-hydroxylation sites is 1. The van der Waals surface area contributed by atoms with Crippen molar-refractivity contribution in [1.29, 1.82) is 0 Å². The van der Waals surface area contributed by atoms with E-state index in [1.165, 1.54) is 6.07 Å². The maximum atomic E-state index is 14.7. The summed E-state index contributed by atoms with van der Waals surface area (Å²) in [5.41, 5.74) is 9.22. The van der Waals surface area contributed by atoms with Crippen molar-refractivity contribution in [3.05, 3.63) is 95.9 Å². The largest absolute Gasteiger partial charge is 0.444 e. The number of hydrogen-bond acceptors (Lipinski definition) is 9. The van der Waals surface area contributed by atoms with Crippen molar-refractivity contribution in [3.63, 3.8) is 0 Å². The van der Waals surface area contributed by atoms with Gasteiger partial charge in [0.25, 0.3) is 5.89 Å². The number of alkyl carbamates (subject to hydrolysis) is 1. The number of hydrogen-bond donors (Lipinski definition) is 3. The number of amides is 1. The Hall–Kier alpha value is -4.77. The molecule has 1 aliphatic rings. The van der Waals surface area contributed by atoms with Gasteiger partial charge in [-0.1, -0.05) is 41.6 Å². The van der Waals surface area contributed by atoms with Gasteiger partial charge in [0.1, 0.15) is 17.1 Å². The molecule has 1 aliphatic heterocycles. The molecule has 194 valence electrons. The number of hydrazine groups is 2. The van der Waals surface area contributed by atoms with E-state index in [0.29, 0.717) is 29.5 Å². The summed E-state index contributed by atoms with van der Waals surface area (Å²) in [5, 5.41) is 8.45. The van der Waals surface area contributed by atoms with Gasteiger partial charge < -0.3 is 14.6 Å². The second kappa shape index (κ2) is 10.3. The number of ether oxygens (including phenoxy) is 1. The molecule has 3 N–H and O–H groups in total. The molecule has 0 unspecified atom stereocenters. The summed E-state index contributed by atoms with van der Waals surface area (Å²) in [6, 6.07) is 17.4. The Morgan fingerprint density at radius 1 is 1.05 bits per heavy atom. The van der Waals surface area contributed by atoms with Gasteiger partial charge in [-0.15, -0.1) is 5.53 Å². The summed E-state index contributed by atoms with van der Waals surface area (Å²) in [6.45, 7) is 5.75. The molecule has 0 bridgehead atoms. The van der Waals surface area contributed by atoms with Crippen LogP contribution in [0.15, 0.2) is 77.6 Å². The summed E-state index contributed by atoms with van der Waals surface area (Å²) in [6.07, 6.45) is 2.82. The Bertz CT molecular complexity index is 1460. The normalized spacial score (nSPS) is 13.4. The topological polar surface area (TPSA) is 117 Å². The minimum Gasteiger partial charge on any atom is -0.444 e. The molecule has 0 saturated carbocycles. The molecule has 10 nitrogen and oxygen atoms in total. The second-order valence-corrected chi connectivity index (χ2v) is 9.46. The number of halogens is 1. The second-order valence-electron chi connectivity index (χ2n) is 9.46. The zero-order valence-corrected chi connectivity index (χ0v) is 21.0. The fourth-order valence-electron chi connectivity index (χ4n) is 3.79. The average molecular weight is 516 g/mol. The minimum absolute atomic E-state index is 0.217. The number of carbonyl (C=O) groups excluding carboxylic acids is 1. The van der Waals surface area contributed by atoms with Crippen LogP contribution in [0.4, 0.5) is 14.9 Å². The number of anilines is 1. The van der Waals surface area contributed by atoms with E-state index in [9.17, 15) is 9.18 Å². The van der Waals surface area contributed by atoms with E-state index in [4.69, 9.17) is 9.26 Å². The predicted molar refractivity (Wildman–Crippen MR) is 139 cm³/mol. The molecule has 2 aromatic heterocycles.